The van der Waals surface area contributed by atoms with Gasteiger partial charge in [0.2, 0.25) is 0 Å². The summed E-state index contributed by atoms with van der Waals surface area (Å²) in [6.45, 7) is 5.28. The molecule has 0 radical (unpaired) electrons. The van der Waals surface area contributed by atoms with E-state index in [1.165, 1.54) is 5.56 Å². The van der Waals surface area contributed by atoms with Crippen LogP contribution in [0.15, 0.2) is 18.2 Å². The maximum atomic E-state index is 10.8. The smallest absolute Gasteiger partial charge is 0.335 e. The number of anilines is 1. The molecular formula is C12H15NO2. The Morgan fingerprint density at radius 2 is 2.20 bits per heavy atom. The lowest BCUT2D eigenvalue weighted by molar-refractivity contribution is 0.0697. The molecule has 2 rings (SSSR count). The highest BCUT2D eigenvalue weighted by atomic mass is 16.4. The molecule has 0 bridgehead atoms. The standard InChI is InChI=1S/C12H15NO2/c1-12(2)5-6-13-10-7-8(11(14)15)3-4-9(10)12/h3-4,7,13H,5-6H2,1-2H3,(H,14,15). The van der Waals surface area contributed by atoms with Gasteiger partial charge in [-0.25, -0.2) is 4.79 Å². The van der Waals surface area contributed by atoms with Gasteiger partial charge < -0.3 is 10.4 Å². The predicted octanol–water partition coefficient (Wildman–Crippen LogP) is 2.48. The van der Waals surface area contributed by atoms with Crippen molar-refractivity contribution in [3.05, 3.63) is 29.3 Å². The molecule has 3 heteroatoms. The summed E-state index contributed by atoms with van der Waals surface area (Å²) in [6, 6.07) is 5.32. The van der Waals surface area contributed by atoms with Crippen molar-refractivity contribution >= 4 is 11.7 Å². The number of rotatable bonds is 1. The molecule has 0 amide bonds. The van der Waals surface area contributed by atoms with E-state index >= 15 is 0 Å². The van der Waals surface area contributed by atoms with E-state index in [1.807, 2.05) is 6.07 Å². The number of carboxylic acids is 1. The average molecular weight is 205 g/mol. The van der Waals surface area contributed by atoms with Crippen molar-refractivity contribution in [2.24, 2.45) is 0 Å². The molecule has 0 saturated carbocycles. The van der Waals surface area contributed by atoms with E-state index in [-0.39, 0.29) is 5.41 Å². The Balaban J connectivity index is 2.50. The van der Waals surface area contributed by atoms with Crippen LogP contribution >= 0.6 is 0 Å². The summed E-state index contributed by atoms with van der Waals surface area (Å²) in [5, 5.41) is 12.1. The Labute approximate surface area is 89.1 Å². The van der Waals surface area contributed by atoms with E-state index in [2.05, 4.69) is 19.2 Å². The fourth-order valence-corrected chi connectivity index (χ4v) is 2.06. The SMILES string of the molecule is CC1(C)CCNc2cc(C(=O)O)ccc21. The van der Waals surface area contributed by atoms with E-state index < -0.39 is 5.97 Å². The van der Waals surface area contributed by atoms with Gasteiger partial charge in [0, 0.05) is 12.2 Å². The predicted molar refractivity (Wildman–Crippen MR) is 59.5 cm³/mol. The van der Waals surface area contributed by atoms with Crippen LogP contribution in [-0.2, 0) is 5.41 Å². The first kappa shape index (κ1) is 10.0. The fourth-order valence-electron chi connectivity index (χ4n) is 2.06. The van der Waals surface area contributed by atoms with E-state index in [0.29, 0.717) is 5.56 Å². The molecule has 3 nitrogen and oxygen atoms in total. The summed E-state index contributed by atoms with van der Waals surface area (Å²) in [4.78, 5) is 10.8. The van der Waals surface area contributed by atoms with Crippen molar-refractivity contribution in [3.8, 4) is 0 Å². The summed E-state index contributed by atoms with van der Waals surface area (Å²) in [5.41, 5.74) is 2.65. The normalized spacial score (nSPS) is 17.7. The van der Waals surface area contributed by atoms with Crippen LogP contribution in [0.4, 0.5) is 5.69 Å². The van der Waals surface area contributed by atoms with E-state index in [4.69, 9.17) is 5.11 Å². The molecule has 1 heterocycles. The van der Waals surface area contributed by atoms with Gasteiger partial charge in [0.1, 0.15) is 0 Å². The Kier molecular flexibility index (Phi) is 2.18. The first-order valence-corrected chi connectivity index (χ1v) is 5.12. The Bertz CT molecular complexity index is 410. The third-order valence-electron chi connectivity index (χ3n) is 3.06. The molecular weight excluding hydrogens is 190 g/mol. The lowest BCUT2D eigenvalue weighted by Gasteiger charge is -2.33. The molecule has 15 heavy (non-hydrogen) atoms. The molecule has 0 spiro atoms. The number of carboxylic acid groups (broad SMARTS) is 1. The van der Waals surface area contributed by atoms with Crippen LogP contribution in [-0.4, -0.2) is 17.6 Å². The number of fused-ring (bicyclic) bond motifs is 1. The molecule has 1 aliphatic heterocycles. The lowest BCUT2D eigenvalue weighted by Crippen LogP contribution is -2.28. The first-order valence-electron chi connectivity index (χ1n) is 5.12. The molecule has 0 unspecified atom stereocenters. The second-order valence-corrected chi connectivity index (χ2v) is 4.63. The van der Waals surface area contributed by atoms with Crippen LogP contribution in [0, 0.1) is 0 Å². The molecule has 80 valence electrons. The van der Waals surface area contributed by atoms with Crippen LogP contribution in [0.5, 0.6) is 0 Å². The number of nitrogens with one attached hydrogen (secondary N) is 1. The van der Waals surface area contributed by atoms with Gasteiger partial charge in [-0.1, -0.05) is 19.9 Å². The Hall–Kier alpha value is -1.51. The third kappa shape index (κ3) is 1.69. The summed E-state index contributed by atoms with van der Waals surface area (Å²) in [7, 11) is 0. The van der Waals surface area contributed by atoms with Crippen molar-refractivity contribution in [1.29, 1.82) is 0 Å². The highest BCUT2D eigenvalue weighted by Gasteiger charge is 2.27. The second-order valence-electron chi connectivity index (χ2n) is 4.63. The first-order chi connectivity index (χ1) is 7.00. The monoisotopic (exact) mass is 205 g/mol. The van der Waals surface area contributed by atoms with Crippen molar-refractivity contribution < 1.29 is 9.90 Å². The number of carbonyl (C=O) groups is 1. The van der Waals surface area contributed by atoms with E-state index in [1.54, 1.807) is 12.1 Å². The van der Waals surface area contributed by atoms with Gasteiger partial charge >= 0.3 is 5.97 Å². The second kappa shape index (κ2) is 3.26. The number of aromatic carboxylic acids is 1. The van der Waals surface area contributed by atoms with Crippen LogP contribution in [0.3, 0.4) is 0 Å². The maximum absolute atomic E-state index is 10.8. The molecule has 1 aromatic carbocycles. The van der Waals surface area contributed by atoms with Crippen LogP contribution in [0.1, 0.15) is 36.2 Å². The van der Waals surface area contributed by atoms with Crippen molar-refractivity contribution in [2.45, 2.75) is 25.7 Å². The molecule has 0 aliphatic carbocycles. The van der Waals surface area contributed by atoms with E-state index in [0.717, 1.165) is 18.7 Å². The van der Waals surface area contributed by atoms with Crippen LogP contribution in [0.25, 0.3) is 0 Å². The topological polar surface area (TPSA) is 49.3 Å². The van der Waals surface area contributed by atoms with Gasteiger partial charge in [0.25, 0.3) is 0 Å². The average Bonchev–Trinajstić information content (AvgIpc) is 2.16. The number of hydrogen-bond donors (Lipinski definition) is 2. The Morgan fingerprint density at radius 3 is 2.87 bits per heavy atom. The molecule has 1 aliphatic rings. The van der Waals surface area contributed by atoms with Crippen molar-refractivity contribution in [3.63, 3.8) is 0 Å². The molecule has 0 saturated heterocycles. The summed E-state index contributed by atoms with van der Waals surface area (Å²) in [6.07, 6.45) is 1.08. The quantitative estimate of drug-likeness (QED) is 0.740. The minimum atomic E-state index is -0.872. The molecule has 0 atom stereocenters. The highest BCUT2D eigenvalue weighted by molar-refractivity contribution is 5.89. The van der Waals surface area contributed by atoms with Crippen LogP contribution in [0.2, 0.25) is 0 Å². The maximum Gasteiger partial charge on any atom is 0.335 e. The van der Waals surface area contributed by atoms with Gasteiger partial charge in [-0.2, -0.15) is 0 Å². The summed E-state index contributed by atoms with van der Waals surface area (Å²) < 4.78 is 0. The molecule has 1 aromatic rings. The van der Waals surface area contributed by atoms with Gasteiger partial charge in [-0.15, -0.1) is 0 Å². The van der Waals surface area contributed by atoms with Crippen molar-refractivity contribution in [2.75, 3.05) is 11.9 Å². The third-order valence-corrected chi connectivity index (χ3v) is 3.06. The largest absolute Gasteiger partial charge is 0.478 e. The number of benzene rings is 1. The number of hydrogen-bond acceptors (Lipinski definition) is 2. The van der Waals surface area contributed by atoms with Gasteiger partial charge in [-0.3, -0.25) is 0 Å². The minimum Gasteiger partial charge on any atom is -0.478 e. The zero-order chi connectivity index (χ0) is 11.1. The minimum absolute atomic E-state index is 0.137. The summed E-state index contributed by atoms with van der Waals surface area (Å²) in [5.74, 6) is -0.872. The molecule has 0 aromatic heterocycles. The zero-order valence-corrected chi connectivity index (χ0v) is 9.00. The van der Waals surface area contributed by atoms with Gasteiger partial charge in [0.15, 0.2) is 0 Å². The highest BCUT2D eigenvalue weighted by Crippen LogP contribution is 2.36. The lowest BCUT2D eigenvalue weighted by atomic mass is 9.78. The zero-order valence-electron chi connectivity index (χ0n) is 9.00. The van der Waals surface area contributed by atoms with Gasteiger partial charge in [-0.05, 0) is 29.5 Å². The van der Waals surface area contributed by atoms with E-state index in [9.17, 15) is 4.79 Å². The molecule has 2 N–H and O–H groups in total. The summed E-state index contributed by atoms with van der Waals surface area (Å²) >= 11 is 0. The Morgan fingerprint density at radius 1 is 1.47 bits per heavy atom. The van der Waals surface area contributed by atoms with Crippen molar-refractivity contribution in [1.82, 2.24) is 0 Å². The fraction of sp³-hybridized carbons (Fsp3) is 0.417. The molecule has 0 fully saturated rings. The van der Waals surface area contributed by atoms with Gasteiger partial charge in [0.05, 0.1) is 5.56 Å². The van der Waals surface area contributed by atoms with Crippen LogP contribution < -0.4 is 5.32 Å².